The first-order chi connectivity index (χ1) is 15.1. The van der Waals surface area contributed by atoms with Gasteiger partial charge in [-0.3, -0.25) is 9.36 Å². The molecule has 3 rings (SSSR count). The van der Waals surface area contributed by atoms with Gasteiger partial charge >= 0.3 is 6.09 Å². The standard InChI is InChI=1S/C23H31FN4O3S/c1-23(2,3)31-22(30)26(4)14-16-7-6-12-27(15-16)20(29)19-13-25-21(32-5)28(19)18-10-8-17(24)9-11-18/h8-11,13,16H,6-7,12,14-15H2,1-5H3. The number of aromatic nitrogens is 2. The topological polar surface area (TPSA) is 67.7 Å². The van der Waals surface area contributed by atoms with Gasteiger partial charge in [0.1, 0.15) is 17.1 Å². The van der Waals surface area contributed by atoms with Crippen molar-refractivity contribution in [1.82, 2.24) is 19.4 Å². The van der Waals surface area contributed by atoms with Crippen LogP contribution in [-0.2, 0) is 4.74 Å². The molecule has 1 atom stereocenters. The lowest BCUT2D eigenvalue weighted by Crippen LogP contribution is -2.45. The summed E-state index contributed by atoms with van der Waals surface area (Å²) in [5.74, 6) is -0.292. The summed E-state index contributed by atoms with van der Waals surface area (Å²) >= 11 is 1.43. The van der Waals surface area contributed by atoms with Crippen molar-refractivity contribution in [3.05, 3.63) is 42.0 Å². The Bertz CT molecular complexity index is 955. The molecule has 0 spiro atoms. The van der Waals surface area contributed by atoms with Crippen LogP contribution in [0.1, 0.15) is 44.1 Å². The highest BCUT2D eigenvalue weighted by molar-refractivity contribution is 7.98. The Balaban J connectivity index is 1.74. The third kappa shape index (κ3) is 5.82. The number of likely N-dealkylation sites (tertiary alicyclic amines) is 1. The lowest BCUT2D eigenvalue weighted by Gasteiger charge is -2.35. The molecule has 1 aromatic heterocycles. The van der Waals surface area contributed by atoms with E-state index in [0.29, 0.717) is 36.2 Å². The van der Waals surface area contributed by atoms with Gasteiger partial charge in [-0.25, -0.2) is 14.2 Å². The molecule has 1 fully saturated rings. The van der Waals surface area contributed by atoms with Crippen LogP contribution in [0, 0.1) is 11.7 Å². The normalized spacial score (nSPS) is 16.7. The Hall–Kier alpha value is -2.55. The molecule has 0 aliphatic carbocycles. The molecule has 0 N–H and O–H groups in total. The summed E-state index contributed by atoms with van der Waals surface area (Å²) in [6.07, 6.45) is 4.90. The van der Waals surface area contributed by atoms with E-state index in [-0.39, 0.29) is 23.7 Å². The average Bonchev–Trinajstić information content (AvgIpc) is 3.16. The summed E-state index contributed by atoms with van der Waals surface area (Å²) in [6, 6.07) is 6.03. The number of halogens is 1. The predicted molar refractivity (Wildman–Crippen MR) is 123 cm³/mol. The Morgan fingerprint density at radius 3 is 2.59 bits per heavy atom. The smallest absolute Gasteiger partial charge is 0.410 e. The zero-order chi connectivity index (χ0) is 23.5. The van der Waals surface area contributed by atoms with Crippen LogP contribution in [0.3, 0.4) is 0 Å². The van der Waals surface area contributed by atoms with Crippen LogP contribution in [-0.4, -0.2) is 69.9 Å². The number of ether oxygens (including phenoxy) is 1. The van der Waals surface area contributed by atoms with E-state index in [4.69, 9.17) is 4.74 Å². The second-order valence-electron chi connectivity index (χ2n) is 9.06. The highest BCUT2D eigenvalue weighted by Crippen LogP contribution is 2.25. The first-order valence-corrected chi connectivity index (χ1v) is 11.9. The van der Waals surface area contributed by atoms with Gasteiger partial charge in [-0.05, 0) is 70.1 Å². The molecular weight excluding hydrogens is 431 g/mol. The molecule has 2 amide bonds. The maximum atomic E-state index is 13.4. The number of imidazole rings is 1. The Morgan fingerprint density at radius 1 is 1.28 bits per heavy atom. The summed E-state index contributed by atoms with van der Waals surface area (Å²) in [6.45, 7) is 7.24. The number of rotatable bonds is 5. The largest absolute Gasteiger partial charge is 0.444 e. The highest BCUT2D eigenvalue weighted by Gasteiger charge is 2.30. The minimum atomic E-state index is -0.548. The number of amides is 2. The molecule has 0 radical (unpaired) electrons. The average molecular weight is 463 g/mol. The van der Waals surface area contributed by atoms with Crippen LogP contribution >= 0.6 is 11.8 Å². The third-order valence-electron chi connectivity index (χ3n) is 5.26. The van der Waals surface area contributed by atoms with Crippen molar-refractivity contribution < 1.29 is 18.7 Å². The van der Waals surface area contributed by atoms with Crippen LogP contribution < -0.4 is 0 Å². The van der Waals surface area contributed by atoms with E-state index in [0.717, 1.165) is 12.8 Å². The molecule has 1 aromatic carbocycles. The van der Waals surface area contributed by atoms with E-state index < -0.39 is 5.60 Å². The zero-order valence-electron chi connectivity index (χ0n) is 19.3. The molecular formula is C23H31FN4O3S. The van der Waals surface area contributed by atoms with E-state index in [1.54, 1.807) is 34.8 Å². The summed E-state index contributed by atoms with van der Waals surface area (Å²) < 4.78 is 20.6. The number of thioether (sulfide) groups is 1. The van der Waals surface area contributed by atoms with Gasteiger partial charge in [0.2, 0.25) is 0 Å². The second kappa shape index (κ2) is 9.94. The minimum absolute atomic E-state index is 0.119. The fourth-order valence-corrected chi connectivity index (χ4v) is 4.38. The Morgan fingerprint density at radius 2 is 1.97 bits per heavy atom. The molecule has 1 aliphatic heterocycles. The first-order valence-electron chi connectivity index (χ1n) is 10.7. The SMILES string of the molecule is CSc1ncc(C(=O)N2CCCC(CN(C)C(=O)OC(C)(C)C)C2)n1-c1ccc(F)cc1. The van der Waals surface area contributed by atoms with Gasteiger partial charge in [0.15, 0.2) is 5.16 Å². The molecule has 32 heavy (non-hydrogen) atoms. The van der Waals surface area contributed by atoms with Crippen molar-refractivity contribution >= 4 is 23.8 Å². The van der Waals surface area contributed by atoms with E-state index in [9.17, 15) is 14.0 Å². The van der Waals surface area contributed by atoms with Gasteiger partial charge in [-0.15, -0.1) is 0 Å². The van der Waals surface area contributed by atoms with Gasteiger partial charge in [-0.1, -0.05) is 11.8 Å². The first kappa shape index (κ1) is 24.1. The number of nitrogens with zero attached hydrogens (tertiary/aromatic N) is 4. The van der Waals surface area contributed by atoms with Crippen LogP contribution in [0.5, 0.6) is 0 Å². The zero-order valence-corrected chi connectivity index (χ0v) is 20.1. The maximum Gasteiger partial charge on any atom is 0.410 e. The molecule has 9 heteroatoms. The molecule has 2 aromatic rings. The fourth-order valence-electron chi connectivity index (χ4n) is 3.83. The van der Waals surface area contributed by atoms with E-state index in [1.165, 1.54) is 23.9 Å². The number of carbonyl (C=O) groups is 2. The van der Waals surface area contributed by atoms with Crippen LogP contribution in [0.25, 0.3) is 5.69 Å². The number of hydrogen-bond acceptors (Lipinski definition) is 5. The summed E-state index contributed by atoms with van der Waals surface area (Å²) in [5.41, 5.74) is 0.588. The molecule has 0 bridgehead atoms. The monoisotopic (exact) mass is 462 g/mol. The van der Waals surface area contributed by atoms with Gasteiger partial charge < -0.3 is 14.5 Å². The predicted octanol–water partition coefficient (Wildman–Crippen LogP) is 4.45. The van der Waals surface area contributed by atoms with Crippen molar-refractivity contribution in [3.63, 3.8) is 0 Å². The van der Waals surface area contributed by atoms with E-state index >= 15 is 0 Å². The number of benzene rings is 1. The van der Waals surface area contributed by atoms with Gasteiger partial charge in [0.25, 0.3) is 5.91 Å². The molecule has 2 heterocycles. The van der Waals surface area contributed by atoms with E-state index in [1.807, 2.05) is 31.9 Å². The summed E-state index contributed by atoms with van der Waals surface area (Å²) in [5, 5.41) is 0.665. The lowest BCUT2D eigenvalue weighted by atomic mass is 9.97. The molecule has 1 aliphatic rings. The molecule has 1 saturated heterocycles. The quantitative estimate of drug-likeness (QED) is 0.614. The van der Waals surface area contributed by atoms with Crippen LogP contribution in [0.2, 0.25) is 0 Å². The van der Waals surface area contributed by atoms with Crippen LogP contribution in [0.15, 0.2) is 35.6 Å². The number of hydrogen-bond donors (Lipinski definition) is 0. The Kier molecular flexibility index (Phi) is 7.48. The molecule has 1 unspecified atom stereocenters. The fraction of sp³-hybridized carbons (Fsp3) is 0.522. The minimum Gasteiger partial charge on any atom is -0.444 e. The van der Waals surface area contributed by atoms with Crippen molar-refractivity contribution in [1.29, 1.82) is 0 Å². The number of carbonyl (C=O) groups excluding carboxylic acids is 2. The summed E-state index contributed by atoms with van der Waals surface area (Å²) in [7, 11) is 1.73. The second-order valence-corrected chi connectivity index (χ2v) is 9.84. The lowest BCUT2D eigenvalue weighted by molar-refractivity contribution is 0.0244. The molecule has 0 saturated carbocycles. The molecule has 7 nitrogen and oxygen atoms in total. The molecule has 174 valence electrons. The summed E-state index contributed by atoms with van der Waals surface area (Å²) in [4.78, 5) is 33.5. The van der Waals surface area contributed by atoms with Crippen LogP contribution in [0.4, 0.5) is 9.18 Å². The third-order valence-corrected chi connectivity index (χ3v) is 5.91. The van der Waals surface area contributed by atoms with E-state index in [2.05, 4.69) is 4.98 Å². The van der Waals surface area contributed by atoms with Crippen molar-refractivity contribution in [2.45, 2.75) is 44.4 Å². The van der Waals surface area contributed by atoms with Crippen molar-refractivity contribution in [2.75, 3.05) is 32.9 Å². The number of piperidine rings is 1. The van der Waals surface area contributed by atoms with Gasteiger partial charge in [0.05, 0.1) is 6.20 Å². The maximum absolute atomic E-state index is 13.4. The highest BCUT2D eigenvalue weighted by atomic mass is 32.2. The van der Waals surface area contributed by atoms with Gasteiger partial charge in [0, 0.05) is 32.4 Å². The Labute approximate surface area is 192 Å². The van der Waals surface area contributed by atoms with Crippen molar-refractivity contribution in [2.24, 2.45) is 5.92 Å². The van der Waals surface area contributed by atoms with Crippen molar-refractivity contribution in [3.8, 4) is 5.69 Å². The van der Waals surface area contributed by atoms with Gasteiger partial charge in [-0.2, -0.15) is 0 Å².